The van der Waals surface area contributed by atoms with Gasteiger partial charge in [0.05, 0.1) is 11.3 Å². The summed E-state index contributed by atoms with van der Waals surface area (Å²) in [6, 6.07) is 3.12. The van der Waals surface area contributed by atoms with Crippen molar-refractivity contribution in [3.63, 3.8) is 0 Å². The molecule has 7 heteroatoms. The molecule has 0 amide bonds. The smallest absolute Gasteiger partial charge is 0.166 e. The van der Waals surface area contributed by atoms with E-state index in [0.29, 0.717) is 16.9 Å². The van der Waals surface area contributed by atoms with Gasteiger partial charge in [-0.15, -0.1) is 0 Å². The second kappa shape index (κ2) is 4.59. The molecule has 98 valence electrons. The Balaban J connectivity index is 2.31. The summed E-state index contributed by atoms with van der Waals surface area (Å²) in [5.74, 6) is -0.478. The van der Waals surface area contributed by atoms with Gasteiger partial charge in [-0.25, -0.2) is 19.3 Å². The molecule has 0 aliphatic heterocycles. The maximum atomic E-state index is 13.7. The van der Waals surface area contributed by atoms with Crippen molar-refractivity contribution in [1.82, 2.24) is 19.9 Å². The Hall–Kier alpha value is -3.01. The van der Waals surface area contributed by atoms with Crippen LogP contribution in [-0.4, -0.2) is 27.0 Å². The number of hydrogen-bond acceptors (Lipinski definition) is 5. The standard InChI is InChI=1S/C13H9FN6/c1-16-13-10(14)2-7(3-15)11(20-13)8-5-18-12-9(8)4-17-6-19-12/h2,4-6H,1H3,(H,16,20)(H,17,18,19). The van der Waals surface area contributed by atoms with Crippen LogP contribution in [0.15, 0.2) is 24.8 Å². The number of nitrogens with one attached hydrogen (secondary N) is 2. The zero-order valence-corrected chi connectivity index (χ0v) is 10.5. The van der Waals surface area contributed by atoms with E-state index in [9.17, 15) is 4.39 Å². The summed E-state index contributed by atoms with van der Waals surface area (Å²) in [7, 11) is 1.57. The first-order valence-corrected chi connectivity index (χ1v) is 5.80. The molecule has 0 atom stereocenters. The highest BCUT2D eigenvalue weighted by atomic mass is 19.1. The maximum absolute atomic E-state index is 13.7. The Bertz CT molecular complexity index is 832. The van der Waals surface area contributed by atoms with Crippen LogP contribution < -0.4 is 5.32 Å². The number of aromatic amines is 1. The molecule has 0 spiro atoms. The van der Waals surface area contributed by atoms with E-state index in [2.05, 4.69) is 25.3 Å². The normalized spacial score (nSPS) is 10.4. The molecular formula is C13H9FN6. The summed E-state index contributed by atoms with van der Waals surface area (Å²) in [4.78, 5) is 15.2. The van der Waals surface area contributed by atoms with Crippen molar-refractivity contribution in [3.8, 4) is 17.3 Å². The number of halogens is 1. The quantitative estimate of drug-likeness (QED) is 0.742. The molecular weight excluding hydrogens is 259 g/mol. The third-order valence-electron chi connectivity index (χ3n) is 2.94. The van der Waals surface area contributed by atoms with Crippen molar-refractivity contribution >= 4 is 16.9 Å². The molecule has 0 aliphatic rings. The fourth-order valence-corrected chi connectivity index (χ4v) is 2.01. The van der Waals surface area contributed by atoms with Crippen molar-refractivity contribution in [1.29, 1.82) is 5.26 Å². The number of anilines is 1. The van der Waals surface area contributed by atoms with E-state index >= 15 is 0 Å². The molecule has 0 aliphatic carbocycles. The lowest BCUT2D eigenvalue weighted by molar-refractivity contribution is 0.625. The second-order valence-corrected chi connectivity index (χ2v) is 4.06. The SMILES string of the molecule is CNc1nc(-c2c[nH]c3ncncc23)c(C#N)cc1F. The molecule has 0 unspecified atom stereocenters. The average molecular weight is 268 g/mol. The van der Waals surface area contributed by atoms with Gasteiger partial charge >= 0.3 is 0 Å². The van der Waals surface area contributed by atoms with Crippen LogP contribution in [0.4, 0.5) is 10.2 Å². The largest absolute Gasteiger partial charge is 0.371 e. The third-order valence-corrected chi connectivity index (χ3v) is 2.94. The lowest BCUT2D eigenvalue weighted by atomic mass is 10.1. The summed E-state index contributed by atoms with van der Waals surface area (Å²) in [6.07, 6.45) is 4.73. The lowest BCUT2D eigenvalue weighted by Gasteiger charge is -2.06. The average Bonchev–Trinajstić information content (AvgIpc) is 2.91. The molecule has 0 saturated heterocycles. The Morgan fingerprint density at radius 2 is 2.30 bits per heavy atom. The number of H-pyrrole nitrogens is 1. The van der Waals surface area contributed by atoms with Crippen LogP contribution in [-0.2, 0) is 0 Å². The van der Waals surface area contributed by atoms with Gasteiger partial charge in [0.25, 0.3) is 0 Å². The summed E-state index contributed by atoms with van der Waals surface area (Å²) < 4.78 is 13.7. The first-order valence-electron chi connectivity index (χ1n) is 5.80. The van der Waals surface area contributed by atoms with Crippen molar-refractivity contribution < 1.29 is 4.39 Å². The first kappa shape index (κ1) is 12.0. The van der Waals surface area contributed by atoms with Crippen LogP contribution >= 0.6 is 0 Å². The predicted octanol–water partition coefficient (Wildman–Crippen LogP) is 2.07. The second-order valence-electron chi connectivity index (χ2n) is 4.06. The number of pyridine rings is 1. The summed E-state index contributed by atoms with van der Waals surface area (Å²) in [6.45, 7) is 0. The minimum Gasteiger partial charge on any atom is -0.371 e. The van der Waals surface area contributed by atoms with Crippen molar-refractivity contribution in [2.75, 3.05) is 12.4 Å². The molecule has 0 fully saturated rings. The molecule has 3 rings (SSSR count). The fourth-order valence-electron chi connectivity index (χ4n) is 2.01. The molecule has 3 aromatic heterocycles. The molecule has 6 nitrogen and oxygen atoms in total. The third kappa shape index (κ3) is 1.75. The molecule has 3 heterocycles. The number of aromatic nitrogens is 4. The fraction of sp³-hybridized carbons (Fsp3) is 0.0769. The minimum absolute atomic E-state index is 0.0881. The van der Waals surface area contributed by atoms with Gasteiger partial charge in [0.1, 0.15) is 18.0 Å². The maximum Gasteiger partial charge on any atom is 0.166 e. The monoisotopic (exact) mass is 268 g/mol. The van der Waals surface area contributed by atoms with Gasteiger partial charge in [0.2, 0.25) is 0 Å². The zero-order chi connectivity index (χ0) is 14.1. The van der Waals surface area contributed by atoms with Crippen LogP contribution in [0.25, 0.3) is 22.3 Å². The van der Waals surface area contributed by atoms with Crippen LogP contribution in [0.5, 0.6) is 0 Å². The first-order chi connectivity index (χ1) is 9.74. The topological polar surface area (TPSA) is 90.3 Å². The molecule has 3 aromatic rings. The van der Waals surface area contributed by atoms with Gasteiger partial charge in [-0.1, -0.05) is 0 Å². The highest BCUT2D eigenvalue weighted by Crippen LogP contribution is 2.30. The summed E-state index contributed by atoms with van der Waals surface area (Å²) >= 11 is 0. The number of rotatable bonds is 2. The number of nitrogens with zero attached hydrogens (tertiary/aromatic N) is 4. The van der Waals surface area contributed by atoms with Crippen LogP contribution in [0.3, 0.4) is 0 Å². The van der Waals surface area contributed by atoms with Gasteiger partial charge in [0.15, 0.2) is 11.6 Å². The molecule has 20 heavy (non-hydrogen) atoms. The van der Waals surface area contributed by atoms with E-state index in [0.717, 1.165) is 11.5 Å². The van der Waals surface area contributed by atoms with E-state index in [4.69, 9.17) is 5.26 Å². The molecule has 0 saturated carbocycles. The molecule has 0 aromatic carbocycles. The Labute approximate surface area is 113 Å². The molecule has 2 N–H and O–H groups in total. The van der Waals surface area contributed by atoms with Crippen LogP contribution in [0, 0.1) is 17.1 Å². The van der Waals surface area contributed by atoms with Crippen molar-refractivity contribution in [2.45, 2.75) is 0 Å². The van der Waals surface area contributed by atoms with E-state index in [1.54, 1.807) is 19.4 Å². The van der Waals surface area contributed by atoms with E-state index in [-0.39, 0.29) is 11.4 Å². The lowest BCUT2D eigenvalue weighted by Crippen LogP contribution is -2.00. The Morgan fingerprint density at radius 1 is 1.45 bits per heavy atom. The minimum atomic E-state index is -0.566. The van der Waals surface area contributed by atoms with E-state index in [1.807, 2.05) is 6.07 Å². The van der Waals surface area contributed by atoms with Gasteiger partial charge in [-0.3, -0.25) is 0 Å². The Morgan fingerprint density at radius 3 is 3.05 bits per heavy atom. The van der Waals surface area contributed by atoms with E-state index in [1.165, 1.54) is 6.33 Å². The van der Waals surface area contributed by atoms with Gasteiger partial charge in [-0.2, -0.15) is 5.26 Å². The van der Waals surface area contributed by atoms with Gasteiger partial charge in [-0.05, 0) is 6.07 Å². The van der Waals surface area contributed by atoms with Gasteiger partial charge < -0.3 is 10.3 Å². The van der Waals surface area contributed by atoms with E-state index < -0.39 is 5.82 Å². The summed E-state index contributed by atoms with van der Waals surface area (Å²) in [5.41, 5.74) is 1.84. The van der Waals surface area contributed by atoms with Crippen LogP contribution in [0.1, 0.15) is 5.56 Å². The number of fused-ring (bicyclic) bond motifs is 1. The highest BCUT2D eigenvalue weighted by molar-refractivity contribution is 5.93. The number of hydrogen-bond donors (Lipinski definition) is 2. The Kier molecular flexibility index (Phi) is 2.76. The zero-order valence-electron chi connectivity index (χ0n) is 10.5. The molecule has 0 bridgehead atoms. The number of nitriles is 1. The van der Waals surface area contributed by atoms with Crippen molar-refractivity contribution in [2.24, 2.45) is 0 Å². The van der Waals surface area contributed by atoms with Gasteiger partial charge in [0, 0.05) is 30.4 Å². The highest BCUT2D eigenvalue weighted by Gasteiger charge is 2.16. The molecule has 0 radical (unpaired) electrons. The van der Waals surface area contributed by atoms with Crippen LogP contribution in [0.2, 0.25) is 0 Å². The summed E-state index contributed by atoms with van der Waals surface area (Å²) in [5, 5.41) is 12.5. The predicted molar refractivity (Wildman–Crippen MR) is 71.3 cm³/mol. The van der Waals surface area contributed by atoms with Crippen molar-refractivity contribution in [3.05, 3.63) is 36.2 Å².